The van der Waals surface area contributed by atoms with Crippen LogP contribution in [0.4, 0.5) is 18.9 Å². The summed E-state index contributed by atoms with van der Waals surface area (Å²) in [7, 11) is 0. The van der Waals surface area contributed by atoms with Crippen LogP contribution in [0, 0.1) is 0 Å². The van der Waals surface area contributed by atoms with Crippen molar-refractivity contribution in [2.24, 2.45) is 0 Å². The third-order valence-corrected chi connectivity index (χ3v) is 4.75. The molecule has 162 valence electrons. The number of aliphatic hydroxyl groups is 1. The first-order valence-electron chi connectivity index (χ1n) is 9.23. The van der Waals surface area contributed by atoms with Crippen LogP contribution in [0.15, 0.2) is 78.9 Å². The lowest BCUT2D eigenvalue weighted by Gasteiger charge is -2.25. The number of carbonyl (C=O) groups is 2. The van der Waals surface area contributed by atoms with Gasteiger partial charge in [-0.3, -0.25) is 24.5 Å². The Kier molecular flexibility index (Phi) is 5.35. The summed E-state index contributed by atoms with van der Waals surface area (Å²) in [6.07, 6.45) is 0.908. The van der Waals surface area contributed by atoms with Gasteiger partial charge in [0, 0.05) is 36.0 Å². The SMILES string of the molecule is O=C1C(=O)N(c2ccc(OC(F)(F)F)cc2)C(c2cccnc2)/C1=C(/O)c1ccncc1. The van der Waals surface area contributed by atoms with Crippen molar-refractivity contribution < 1.29 is 32.6 Å². The van der Waals surface area contributed by atoms with Crippen LogP contribution in [0.25, 0.3) is 5.76 Å². The number of amides is 1. The highest BCUT2D eigenvalue weighted by Crippen LogP contribution is 2.42. The number of ketones is 1. The Bertz CT molecular complexity index is 1180. The number of halogens is 3. The zero-order valence-corrected chi connectivity index (χ0v) is 16.2. The summed E-state index contributed by atoms with van der Waals surface area (Å²) in [6, 6.07) is 9.64. The van der Waals surface area contributed by atoms with Crippen LogP contribution in [0.1, 0.15) is 17.2 Å². The maximum atomic E-state index is 12.9. The lowest BCUT2D eigenvalue weighted by Crippen LogP contribution is -2.29. The lowest BCUT2D eigenvalue weighted by molar-refractivity contribution is -0.274. The molecule has 1 atom stereocenters. The molecule has 3 aromatic rings. The van der Waals surface area contributed by atoms with Crippen molar-refractivity contribution in [3.05, 3.63) is 90.0 Å². The van der Waals surface area contributed by atoms with Crippen LogP contribution in [0.2, 0.25) is 0 Å². The molecule has 1 amide bonds. The van der Waals surface area contributed by atoms with Crippen LogP contribution in [-0.2, 0) is 9.59 Å². The van der Waals surface area contributed by atoms with Gasteiger partial charge in [0.2, 0.25) is 0 Å². The summed E-state index contributed by atoms with van der Waals surface area (Å²) < 4.78 is 41.3. The van der Waals surface area contributed by atoms with Crippen molar-refractivity contribution in [2.75, 3.05) is 4.90 Å². The van der Waals surface area contributed by atoms with Gasteiger partial charge in [0.1, 0.15) is 11.5 Å². The molecule has 0 radical (unpaired) electrons. The van der Waals surface area contributed by atoms with Gasteiger partial charge in [-0.05, 0) is 48.0 Å². The van der Waals surface area contributed by atoms with E-state index in [2.05, 4.69) is 14.7 Å². The first-order chi connectivity index (χ1) is 15.3. The van der Waals surface area contributed by atoms with E-state index < -0.39 is 35.6 Å². The molecule has 2 aromatic heterocycles. The van der Waals surface area contributed by atoms with E-state index in [1.807, 2.05) is 0 Å². The van der Waals surface area contributed by atoms with E-state index in [-0.39, 0.29) is 16.8 Å². The van der Waals surface area contributed by atoms with Gasteiger partial charge in [0.05, 0.1) is 11.6 Å². The van der Waals surface area contributed by atoms with Crippen molar-refractivity contribution in [3.63, 3.8) is 0 Å². The number of alkyl halides is 3. The number of ether oxygens (including phenoxy) is 1. The zero-order valence-electron chi connectivity index (χ0n) is 16.2. The summed E-state index contributed by atoms with van der Waals surface area (Å²) in [4.78, 5) is 34.8. The zero-order chi connectivity index (χ0) is 22.9. The van der Waals surface area contributed by atoms with Crippen LogP contribution < -0.4 is 9.64 Å². The summed E-state index contributed by atoms with van der Waals surface area (Å²) in [6.45, 7) is 0. The Morgan fingerprint density at radius 2 is 1.66 bits per heavy atom. The molecule has 1 fully saturated rings. The molecule has 10 heteroatoms. The van der Waals surface area contributed by atoms with Gasteiger partial charge in [0.15, 0.2) is 0 Å². The second-order valence-electron chi connectivity index (χ2n) is 6.73. The quantitative estimate of drug-likeness (QED) is 0.374. The van der Waals surface area contributed by atoms with Crippen LogP contribution in [-0.4, -0.2) is 33.1 Å². The van der Waals surface area contributed by atoms with Gasteiger partial charge >= 0.3 is 6.36 Å². The Morgan fingerprint density at radius 1 is 0.969 bits per heavy atom. The number of pyridine rings is 2. The predicted octanol–water partition coefficient (Wildman–Crippen LogP) is 4.00. The standard InChI is InChI=1S/C22H14F3N3O4/c23-22(24,25)32-16-5-3-15(4-6-16)28-18(14-2-1-9-27-12-14)17(20(30)21(28)31)19(29)13-7-10-26-11-8-13/h1-12,18,29H/b19-17-. The van der Waals surface area contributed by atoms with Crippen molar-refractivity contribution in [1.29, 1.82) is 0 Å². The van der Waals surface area contributed by atoms with E-state index in [0.717, 1.165) is 17.0 Å². The fourth-order valence-electron chi connectivity index (χ4n) is 3.43. The molecule has 0 bridgehead atoms. The highest BCUT2D eigenvalue weighted by molar-refractivity contribution is 6.51. The largest absolute Gasteiger partial charge is 0.573 e. The van der Waals surface area contributed by atoms with E-state index in [9.17, 15) is 27.9 Å². The molecule has 1 aliphatic heterocycles. The van der Waals surface area contributed by atoms with Crippen molar-refractivity contribution in [3.8, 4) is 5.75 Å². The first-order valence-corrected chi connectivity index (χ1v) is 9.23. The summed E-state index contributed by atoms with van der Waals surface area (Å²) in [5, 5.41) is 10.9. The Balaban J connectivity index is 1.83. The first kappa shape index (κ1) is 21.0. The molecule has 3 heterocycles. The average Bonchev–Trinajstić information content (AvgIpc) is 3.05. The van der Waals surface area contributed by atoms with Crippen LogP contribution in [0.5, 0.6) is 5.75 Å². The molecule has 32 heavy (non-hydrogen) atoms. The minimum atomic E-state index is -4.87. The van der Waals surface area contributed by atoms with E-state index >= 15 is 0 Å². The molecule has 1 unspecified atom stereocenters. The Hall–Kier alpha value is -4.21. The third-order valence-electron chi connectivity index (χ3n) is 4.75. The molecule has 0 spiro atoms. The minimum Gasteiger partial charge on any atom is -0.507 e. The van der Waals surface area contributed by atoms with Gasteiger partial charge in [0.25, 0.3) is 11.7 Å². The normalized spacial score (nSPS) is 18.1. The molecule has 0 saturated carbocycles. The van der Waals surface area contributed by atoms with Crippen LogP contribution >= 0.6 is 0 Å². The second kappa shape index (κ2) is 8.14. The van der Waals surface area contributed by atoms with Gasteiger partial charge in [-0.25, -0.2) is 0 Å². The van der Waals surface area contributed by atoms with Crippen molar-refractivity contribution in [1.82, 2.24) is 9.97 Å². The number of hydrogen-bond donors (Lipinski definition) is 1. The number of aliphatic hydroxyl groups excluding tert-OH is 1. The molecule has 1 aliphatic rings. The highest BCUT2D eigenvalue weighted by Gasteiger charge is 2.47. The van der Waals surface area contributed by atoms with E-state index in [1.54, 1.807) is 12.1 Å². The van der Waals surface area contributed by atoms with Crippen molar-refractivity contribution in [2.45, 2.75) is 12.4 Å². The Labute approximate surface area is 179 Å². The lowest BCUT2D eigenvalue weighted by atomic mass is 9.96. The number of carbonyl (C=O) groups excluding carboxylic acids is 2. The number of nitrogens with zero attached hydrogens (tertiary/aromatic N) is 3. The summed E-state index contributed by atoms with van der Waals surface area (Å²) in [5.41, 5.74) is 0.674. The second-order valence-corrected chi connectivity index (χ2v) is 6.73. The summed E-state index contributed by atoms with van der Waals surface area (Å²) in [5.74, 6) is -2.77. The van der Waals surface area contributed by atoms with Gasteiger partial charge in [-0.1, -0.05) is 6.07 Å². The molecule has 1 aromatic carbocycles. The number of hydrogen-bond acceptors (Lipinski definition) is 6. The van der Waals surface area contributed by atoms with Crippen molar-refractivity contribution >= 4 is 23.1 Å². The monoisotopic (exact) mass is 441 g/mol. The topological polar surface area (TPSA) is 92.6 Å². The minimum absolute atomic E-state index is 0.143. The number of anilines is 1. The third kappa shape index (κ3) is 4.02. The number of rotatable bonds is 4. The van der Waals surface area contributed by atoms with Gasteiger partial charge < -0.3 is 9.84 Å². The summed E-state index contributed by atoms with van der Waals surface area (Å²) >= 11 is 0. The molecule has 1 saturated heterocycles. The molecule has 1 N–H and O–H groups in total. The molecule has 4 rings (SSSR count). The maximum absolute atomic E-state index is 12.9. The number of benzene rings is 1. The maximum Gasteiger partial charge on any atom is 0.573 e. The highest BCUT2D eigenvalue weighted by atomic mass is 19.4. The fraction of sp³-hybridized carbons (Fsp3) is 0.0909. The van der Waals surface area contributed by atoms with Gasteiger partial charge in [-0.15, -0.1) is 13.2 Å². The molecular formula is C22H14F3N3O4. The molecule has 0 aliphatic carbocycles. The van der Waals surface area contributed by atoms with Gasteiger partial charge in [-0.2, -0.15) is 0 Å². The predicted molar refractivity (Wildman–Crippen MR) is 106 cm³/mol. The number of aromatic nitrogens is 2. The smallest absolute Gasteiger partial charge is 0.507 e. The van der Waals surface area contributed by atoms with E-state index in [0.29, 0.717) is 5.56 Å². The molecule has 7 nitrogen and oxygen atoms in total. The Morgan fingerprint density at radius 3 is 2.25 bits per heavy atom. The molecular weight excluding hydrogens is 427 g/mol. The van der Waals surface area contributed by atoms with E-state index in [4.69, 9.17) is 0 Å². The fourth-order valence-corrected chi connectivity index (χ4v) is 3.43. The number of Topliss-reactive ketones (excluding diaryl/α,β-unsaturated/α-hetero) is 1. The van der Waals surface area contributed by atoms with E-state index in [1.165, 1.54) is 49.1 Å². The average molecular weight is 441 g/mol. The van der Waals surface area contributed by atoms with Crippen LogP contribution in [0.3, 0.4) is 0 Å².